The molecule has 0 saturated carbocycles. The van der Waals surface area contributed by atoms with Crippen molar-refractivity contribution in [2.24, 2.45) is 0 Å². The van der Waals surface area contributed by atoms with Crippen LogP contribution < -0.4 is 4.90 Å². The van der Waals surface area contributed by atoms with Crippen LogP contribution in [0.25, 0.3) is 53.9 Å². The van der Waals surface area contributed by atoms with Crippen molar-refractivity contribution < 1.29 is 0 Å². The lowest BCUT2D eigenvalue weighted by molar-refractivity contribution is 0.662. The van der Waals surface area contributed by atoms with Crippen LogP contribution in [0.4, 0.5) is 17.2 Å². The van der Waals surface area contributed by atoms with Gasteiger partial charge in [0.1, 0.15) is 5.82 Å². The highest BCUT2D eigenvalue weighted by molar-refractivity contribution is 7.25. The van der Waals surface area contributed by atoms with Gasteiger partial charge in [0.05, 0.1) is 0 Å². The average molecular weight is 595 g/mol. The Balaban J connectivity index is 1.09. The average Bonchev–Trinajstić information content (AvgIpc) is 3.55. The molecule has 0 aliphatic heterocycles. The van der Waals surface area contributed by atoms with Crippen molar-refractivity contribution in [3.05, 3.63) is 156 Å². The first-order valence-corrected chi connectivity index (χ1v) is 16.3. The molecule has 2 aromatic heterocycles. The fourth-order valence-electron chi connectivity index (χ4n) is 7.22. The van der Waals surface area contributed by atoms with Gasteiger partial charge < -0.3 is 0 Å². The first-order chi connectivity index (χ1) is 22.0. The molecule has 1 aliphatic carbocycles. The van der Waals surface area contributed by atoms with Crippen LogP contribution in [0.3, 0.4) is 0 Å². The van der Waals surface area contributed by atoms with E-state index in [1.54, 1.807) is 0 Å². The number of hydrogen-bond acceptors (Lipinski definition) is 3. The van der Waals surface area contributed by atoms with Crippen LogP contribution in [0.1, 0.15) is 36.1 Å². The third kappa shape index (κ3) is 4.12. The first-order valence-electron chi connectivity index (χ1n) is 15.5. The first kappa shape index (κ1) is 26.2. The molecular formula is C42H30N2S. The summed E-state index contributed by atoms with van der Waals surface area (Å²) < 4.78 is 2.57. The monoisotopic (exact) mass is 594 g/mol. The Kier molecular flexibility index (Phi) is 5.75. The van der Waals surface area contributed by atoms with E-state index in [1.165, 1.54) is 64.0 Å². The van der Waals surface area contributed by atoms with E-state index >= 15 is 0 Å². The lowest BCUT2D eigenvalue weighted by Crippen LogP contribution is -2.15. The van der Waals surface area contributed by atoms with Crippen LogP contribution in [0.15, 0.2) is 134 Å². The summed E-state index contributed by atoms with van der Waals surface area (Å²) in [4.78, 5) is 6.90. The fourth-order valence-corrected chi connectivity index (χ4v) is 8.40. The second-order valence-corrected chi connectivity index (χ2v) is 13.6. The molecule has 0 N–H and O–H groups in total. The molecular weight excluding hydrogens is 565 g/mol. The van der Waals surface area contributed by atoms with Crippen LogP contribution in [-0.4, -0.2) is 4.98 Å². The largest absolute Gasteiger partial charge is 0.295 e. The molecule has 0 unspecified atom stereocenters. The highest BCUT2D eigenvalue weighted by Gasteiger charge is 2.33. The molecule has 0 spiro atoms. The number of para-hydroxylation sites is 1. The number of pyridine rings is 1. The second kappa shape index (κ2) is 9.88. The van der Waals surface area contributed by atoms with Crippen LogP contribution in [0, 0.1) is 0 Å². The summed E-state index contributed by atoms with van der Waals surface area (Å²) in [5, 5.41) is 8.09. The third-order valence-electron chi connectivity index (χ3n) is 9.43. The lowest BCUT2D eigenvalue weighted by Gasteiger charge is -2.24. The van der Waals surface area contributed by atoms with Crippen molar-refractivity contribution in [3.8, 4) is 0 Å². The van der Waals surface area contributed by atoms with E-state index in [2.05, 4.69) is 145 Å². The van der Waals surface area contributed by atoms with Crippen molar-refractivity contribution >= 4 is 82.4 Å². The highest BCUT2D eigenvalue weighted by atomic mass is 32.1. The van der Waals surface area contributed by atoms with Gasteiger partial charge in [-0.25, -0.2) is 4.98 Å². The van der Waals surface area contributed by atoms with Crippen molar-refractivity contribution in [1.29, 1.82) is 0 Å². The molecule has 0 radical (unpaired) electrons. The number of rotatable bonds is 5. The van der Waals surface area contributed by atoms with E-state index in [4.69, 9.17) is 0 Å². The maximum absolute atomic E-state index is 4.68. The SMILES string of the molecule is CC1(C)c2cccc3ccc4cc(C=Cc5ccc6c(c5)sc5cc(N(c7ccccc7)c7ccccn7)ccc56)cc1c4c23. The summed E-state index contributed by atoms with van der Waals surface area (Å²) in [6.07, 6.45) is 6.38. The molecule has 6 aromatic carbocycles. The molecule has 0 amide bonds. The summed E-state index contributed by atoms with van der Waals surface area (Å²) in [7, 11) is 0. The molecule has 1 aliphatic rings. The van der Waals surface area contributed by atoms with E-state index in [9.17, 15) is 0 Å². The molecule has 45 heavy (non-hydrogen) atoms. The Morgan fingerprint density at radius 2 is 1.33 bits per heavy atom. The van der Waals surface area contributed by atoms with Gasteiger partial charge in [0, 0.05) is 43.2 Å². The van der Waals surface area contributed by atoms with Crippen molar-refractivity contribution in [1.82, 2.24) is 4.98 Å². The smallest absolute Gasteiger partial charge is 0.137 e. The predicted octanol–water partition coefficient (Wildman–Crippen LogP) is 12.0. The molecule has 8 aromatic rings. The molecule has 0 bridgehead atoms. The highest BCUT2D eigenvalue weighted by Crippen LogP contribution is 2.49. The van der Waals surface area contributed by atoms with E-state index < -0.39 is 0 Å². The van der Waals surface area contributed by atoms with Gasteiger partial charge in [-0.1, -0.05) is 105 Å². The number of anilines is 3. The van der Waals surface area contributed by atoms with E-state index in [0.29, 0.717) is 0 Å². The van der Waals surface area contributed by atoms with Gasteiger partial charge in [-0.15, -0.1) is 11.3 Å². The van der Waals surface area contributed by atoms with Crippen molar-refractivity contribution in [3.63, 3.8) is 0 Å². The van der Waals surface area contributed by atoms with Gasteiger partial charge in [-0.2, -0.15) is 0 Å². The third-order valence-corrected chi connectivity index (χ3v) is 10.5. The van der Waals surface area contributed by atoms with Crippen LogP contribution in [-0.2, 0) is 5.41 Å². The summed E-state index contributed by atoms with van der Waals surface area (Å²) in [6, 6.07) is 46.2. The minimum Gasteiger partial charge on any atom is -0.295 e. The Labute approximate surface area is 266 Å². The van der Waals surface area contributed by atoms with Crippen LogP contribution in [0.2, 0.25) is 0 Å². The van der Waals surface area contributed by atoms with Crippen LogP contribution >= 0.6 is 11.3 Å². The standard InChI is InChI=1S/C42H30N2S/c1-42(2)35-12-8-9-29-17-18-30-23-28(24-36(42)41(30)40(29)35)15-14-27-16-20-33-34-21-19-32(26-38(34)45-37(33)25-27)44(31-10-4-3-5-11-31)39-13-6-7-22-43-39/h3-26H,1-2H3. The van der Waals surface area contributed by atoms with Gasteiger partial charge >= 0.3 is 0 Å². The lowest BCUT2D eigenvalue weighted by atomic mass is 9.81. The predicted molar refractivity (Wildman–Crippen MR) is 194 cm³/mol. The van der Waals surface area contributed by atoms with Crippen molar-refractivity contribution in [2.45, 2.75) is 19.3 Å². The van der Waals surface area contributed by atoms with E-state index in [1.807, 2.05) is 35.7 Å². The number of aromatic nitrogens is 1. The van der Waals surface area contributed by atoms with Crippen molar-refractivity contribution in [2.75, 3.05) is 4.90 Å². The topological polar surface area (TPSA) is 16.1 Å². The zero-order valence-corrected chi connectivity index (χ0v) is 26.0. The Bertz CT molecular complexity index is 2410. The number of thiophene rings is 1. The zero-order valence-electron chi connectivity index (χ0n) is 25.2. The van der Waals surface area contributed by atoms with Gasteiger partial charge in [-0.3, -0.25) is 4.90 Å². The normalized spacial score (nSPS) is 13.6. The Morgan fingerprint density at radius 3 is 2.18 bits per heavy atom. The Morgan fingerprint density at radius 1 is 0.578 bits per heavy atom. The zero-order chi connectivity index (χ0) is 30.1. The summed E-state index contributed by atoms with van der Waals surface area (Å²) in [5.74, 6) is 0.903. The maximum atomic E-state index is 4.68. The molecule has 0 atom stereocenters. The van der Waals surface area contributed by atoms with Gasteiger partial charge in [0.2, 0.25) is 0 Å². The molecule has 2 heterocycles. The summed E-state index contributed by atoms with van der Waals surface area (Å²) in [5.41, 5.74) is 7.51. The number of hydrogen-bond donors (Lipinski definition) is 0. The summed E-state index contributed by atoms with van der Waals surface area (Å²) >= 11 is 1.85. The number of fused-ring (bicyclic) bond motifs is 3. The quantitative estimate of drug-likeness (QED) is 0.146. The Hall–Kier alpha value is -5.25. The molecule has 0 fully saturated rings. The molecule has 0 saturated heterocycles. The van der Waals surface area contributed by atoms with Gasteiger partial charge in [0.25, 0.3) is 0 Å². The molecule has 3 heteroatoms. The van der Waals surface area contributed by atoms with E-state index in [0.717, 1.165) is 17.2 Å². The van der Waals surface area contributed by atoms with Gasteiger partial charge in [0.15, 0.2) is 0 Å². The minimum absolute atomic E-state index is 0.00714. The maximum Gasteiger partial charge on any atom is 0.137 e. The number of benzene rings is 6. The summed E-state index contributed by atoms with van der Waals surface area (Å²) in [6.45, 7) is 4.72. The number of nitrogens with zero attached hydrogens (tertiary/aromatic N) is 2. The molecule has 9 rings (SSSR count). The minimum atomic E-state index is -0.00714. The molecule has 2 nitrogen and oxygen atoms in total. The molecule has 214 valence electrons. The van der Waals surface area contributed by atoms with Crippen LogP contribution in [0.5, 0.6) is 0 Å². The second-order valence-electron chi connectivity index (χ2n) is 12.5. The fraction of sp³-hybridized carbons (Fsp3) is 0.0714. The van der Waals surface area contributed by atoms with E-state index in [-0.39, 0.29) is 5.41 Å². The van der Waals surface area contributed by atoms with Gasteiger partial charge in [-0.05, 0) is 92.3 Å².